The first-order valence-corrected chi connectivity index (χ1v) is 6.38. The van der Waals surface area contributed by atoms with Crippen molar-refractivity contribution >= 4 is 17.1 Å². The first kappa shape index (κ1) is 12.1. The van der Waals surface area contributed by atoms with Gasteiger partial charge in [0, 0.05) is 6.61 Å². The van der Waals surface area contributed by atoms with Crippen molar-refractivity contribution in [1.82, 2.24) is 14.5 Å². The molecular weight excluding hydrogens is 246 g/mol. The van der Waals surface area contributed by atoms with Gasteiger partial charge in [0.1, 0.15) is 5.52 Å². The van der Waals surface area contributed by atoms with Crippen molar-refractivity contribution in [1.29, 1.82) is 0 Å². The van der Waals surface area contributed by atoms with Crippen molar-refractivity contribution in [2.24, 2.45) is 0 Å². The summed E-state index contributed by atoms with van der Waals surface area (Å²) in [6, 6.07) is 3.42. The van der Waals surface area contributed by atoms with Crippen molar-refractivity contribution in [3.8, 4) is 0 Å². The molecule has 6 nitrogen and oxygen atoms in total. The molecule has 3 heterocycles. The van der Waals surface area contributed by atoms with E-state index in [0.717, 1.165) is 25.1 Å². The Balaban J connectivity index is 1.90. The molecular formula is C13H15N3O3. The summed E-state index contributed by atoms with van der Waals surface area (Å²) in [7, 11) is 0. The lowest BCUT2D eigenvalue weighted by atomic mass is 10.2. The van der Waals surface area contributed by atoms with Crippen molar-refractivity contribution in [3.05, 3.63) is 24.2 Å². The predicted octanol–water partition coefficient (Wildman–Crippen LogP) is 1.40. The van der Waals surface area contributed by atoms with E-state index < -0.39 is 5.97 Å². The third-order valence-corrected chi connectivity index (χ3v) is 3.14. The van der Waals surface area contributed by atoms with Crippen molar-refractivity contribution in [2.75, 3.05) is 13.2 Å². The highest BCUT2D eigenvalue weighted by molar-refractivity contribution is 5.89. The molecule has 6 heteroatoms. The number of imidazole rings is 1. The second kappa shape index (κ2) is 4.97. The Morgan fingerprint density at radius 3 is 3.11 bits per heavy atom. The molecule has 0 N–H and O–H groups in total. The molecule has 0 aromatic carbocycles. The van der Waals surface area contributed by atoms with Gasteiger partial charge in [-0.05, 0) is 25.5 Å². The van der Waals surface area contributed by atoms with Crippen LogP contribution in [0, 0.1) is 0 Å². The summed E-state index contributed by atoms with van der Waals surface area (Å²) in [5.74, 6) is -0.406. The first-order chi connectivity index (χ1) is 9.28. The van der Waals surface area contributed by atoms with Crippen LogP contribution in [0.15, 0.2) is 18.5 Å². The van der Waals surface area contributed by atoms with E-state index in [1.54, 1.807) is 25.4 Å². The first-order valence-electron chi connectivity index (χ1n) is 6.38. The van der Waals surface area contributed by atoms with Gasteiger partial charge in [-0.25, -0.2) is 14.8 Å². The number of esters is 1. The number of ether oxygens (including phenoxy) is 2. The monoisotopic (exact) mass is 261 g/mol. The fourth-order valence-corrected chi connectivity index (χ4v) is 2.04. The van der Waals surface area contributed by atoms with Crippen LogP contribution in [-0.4, -0.2) is 39.8 Å². The molecule has 1 aliphatic rings. The van der Waals surface area contributed by atoms with Crippen LogP contribution in [0.5, 0.6) is 0 Å². The van der Waals surface area contributed by atoms with Gasteiger partial charge in [-0.3, -0.25) is 0 Å². The van der Waals surface area contributed by atoms with E-state index in [1.165, 1.54) is 0 Å². The average molecular weight is 261 g/mol. The van der Waals surface area contributed by atoms with E-state index in [4.69, 9.17) is 9.47 Å². The van der Waals surface area contributed by atoms with Gasteiger partial charge in [-0.2, -0.15) is 0 Å². The molecule has 2 aromatic heterocycles. The Morgan fingerprint density at radius 1 is 1.58 bits per heavy atom. The topological polar surface area (TPSA) is 66.2 Å². The Hall–Kier alpha value is -1.95. The van der Waals surface area contributed by atoms with Crippen molar-refractivity contribution < 1.29 is 14.3 Å². The number of hydrogen-bond donors (Lipinski definition) is 0. The molecule has 0 saturated carbocycles. The standard InChI is InChI=1S/C13H15N3O3/c1-2-18-13(17)11-4-3-10-12(15-11)16(8-14-10)7-9-5-6-19-9/h3-4,8-9H,2,5-7H2,1H3/t9-/m0/s1. The lowest BCUT2D eigenvalue weighted by Crippen LogP contribution is -2.31. The van der Waals surface area contributed by atoms with Gasteiger partial charge in [0.05, 0.1) is 25.6 Å². The molecule has 0 amide bonds. The summed E-state index contributed by atoms with van der Waals surface area (Å²) in [6.07, 6.45) is 3.01. The molecule has 1 aliphatic heterocycles. The summed E-state index contributed by atoms with van der Waals surface area (Å²) in [5, 5.41) is 0. The second-order valence-corrected chi connectivity index (χ2v) is 4.44. The number of pyridine rings is 1. The lowest BCUT2D eigenvalue weighted by Gasteiger charge is -2.26. The molecule has 0 bridgehead atoms. The van der Waals surface area contributed by atoms with Crippen LogP contribution in [0.2, 0.25) is 0 Å². The van der Waals surface area contributed by atoms with Crippen molar-refractivity contribution in [3.63, 3.8) is 0 Å². The van der Waals surface area contributed by atoms with E-state index >= 15 is 0 Å². The van der Waals surface area contributed by atoms with Gasteiger partial charge in [-0.15, -0.1) is 0 Å². The van der Waals surface area contributed by atoms with E-state index in [-0.39, 0.29) is 6.10 Å². The normalized spacial score (nSPS) is 18.3. The van der Waals surface area contributed by atoms with Crippen LogP contribution in [-0.2, 0) is 16.0 Å². The highest BCUT2D eigenvalue weighted by Gasteiger charge is 2.20. The SMILES string of the molecule is CCOC(=O)c1ccc2ncn(C[C@@H]3CCO3)c2n1. The lowest BCUT2D eigenvalue weighted by molar-refractivity contribution is -0.0587. The number of nitrogens with zero attached hydrogens (tertiary/aromatic N) is 3. The third kappa shape index (κ3) is 2.31. The zero-order valence-corrected chi connectivity index (χ0v) is 10.7. The quantitative estimate of drug-likeness (QED) is 0.778. The zero-order valence-electron chi connectivity index (χ0n) is 10.7. The van der Waals surface area contributed by atoms with Crippen LogP contribution >= 0.6 is 0 Å². The maximum atomic E-state index is 11.7. The maximum absolute atomic E-state index is 11.7. The van der Waals surface area contributed by atoms with Crippen LogP contribution in [0.1, 0.15) is 23.8 Å². The summed E-state index contributed by atoms with van der Waals surface area (Å²) in [4.78, 5) is 20.3. The molecule has 100 valence electrons. The van der Waals surface area contributed by atoms with Gasteiger partial charge in [0.15, 0.2) is 11.3 Å². The Bertz CT molecular complexity index is 604. The molecule has 0 radical (unpaired) electrons. The highest BCUT2D eigenvalue weighted by atomic mass is 16.5. The summed E-state index contributed by atoms with van der Waals surface area (Å²) in [6.45, 7) is 3.65. The average Bonchev–Trinajstić information content (AvgIpc) is 2.76. The largest absolute Gasteiger partial charge is 0.461 e. The van der Waals surface area contributed by atoms with Gasteiger partial charge in [-0.1, -0.05) is 0 Å². The number of aromatic nitrogens is 3. The molecule has 0 aliphatic carbocycles. The molecule has 2 aromatic rings. The number of rotatable bonds is 4. The Kier molecular flexibility index (Phi) is 3.16. The van der Waals surface area contributed by atoms with Gasteiger partial charge in [0.25, 0.3) is 0 Å². The minimum absolute atomic E-state index is 0.227. The van der Waals surface area contributed by atoms with E-state index in [1.807, 2.05) is 4.57 Å². The van der Waals surface area contributed by atoms with Crippen molar-refractivity contribution in [2.45, 2.75) is 26.0 Å². The molecule has 3 rings (SSSR count). The van der Waals surface area contributed by atoms with Gasteiger partial charge >= 0.3 is 5.97 Å². The minimum atomic E-state index is -0.406. The summed E-state index contributed by atoms with van der Waals surface area (Å²) in [5.41, 5.74) is 1.78. The molecule has 0 unspecified atom stereocenters. The second-order valence-electron chi connectivity index (χ2n) is 4.44. The zero-order chi connectivity index (χ0) is 13.2. The molecule has 1 saturated heterocycles. The molecule has 19 heavy (non-hydrogen) atoms. The van der Waals surface area contributed by atoms with Gasteiger partial charge < -0.3 is 14.0 Å². The number of fused-ring (bicyclic) bond motifs is 1. The fourth-order valence-electron chi connectivity index (χ4n) is 2.04. The number of carbonyl (C=O) groups excluding carboxylic acids is 1. The Morgan fingerprint density at radius 2 is 2.42 bits per heavy atom. The van der Waals surface area contributed by atoms with Crippen LogP contribution in [0.4, 0.5) is 0 Å². The number of carbonyl (C=O) groups is 1. The fraction of sp³-hybridized carbons (Fsp3) is 0.462. The summed E-state index contributed by atoms with van der Waals surface area (Å²) < 4.78 is 12.3. The van der Waals surface area contributed by atoms with Gasteiger partial charge in [0.2, 0.25) is 0 Å². The highest BCUT2D eigenvalue weighted by Crippen LogP contribution is 2.17. The third-order valence-electron chi connectivity index (χ3n) is 3.14. The summed E-state index contributed by atoms with van der Waals surface area (Å²) >= 11 is 0. The molecule has 0 spiro atoms. The predicted molar refractivity (Wildman–Crippen MR) is 67.8 cm³/mol. The van der Waals surface area contributed by atoms with Crippen LogP contribution < -0.4 is 0 Å². The number of hydrogen-bond acceptors (Lipinski definition) is 5. The van der Waals surface area contributed by atoms with E-state index in [9.17, 15) is 4.79 Å². The Labute approximate surface area is 110 Å². The van der Waals surface area contributed by atoms with E-state index in [0.29, 0.717) is 17.9 Å². The van der Waals surface area contributed by atoms with Crippen LogP contribution in [0.25, 0.3) is 11.2 Å². The smallest absolute Gasteiger partial charge is 0.357 e. The maximum Gasteiger partial charge on any atom is 0.357 e. The molecule has 1 fully saturated rings. The minimum Gasteiger partial charge on any atom is -0.461 e. The van der Waals surface area contributed by atoms with E-state index in [2.05, 4.69) is 9.97 Å². The van der Waals surface area contributed by atoms with Crippen LogP contribution in [0.3, 0.4) is 0 Å². The molecule has 1 atom stereocenters.